The van der Waals surface area contributed by atoms with Crippen molar-refractivity contribution in [2.75, 3.05) is 6.54 Å². The fourth-order valence-corrected chi connectivity index (χ4v) is 3.89. The normalized spacial score (nSPS) is 19.4. The second-order valence-corrected chi connectivity index (χ2v) is 7.61. The lowest BCUT2D eigenvalue weighted by atomic mass is 10.1. The highest BCUT2D eigenvalue weighted by Gasteiger charge is 2.58. The van der Waals surface area contributed by atoms with E-state index in [1.165, 1.54) is 18.2 Å². The van der Waals surface area contributed by atoms with E-state index in [1.807, 2.05) is 0 Å². The lowest BCUT2D eigenvalue weighted by molar-refractivity contribution is -0.194. The van der Waals surface area contributed by atoms with Gasteiger partial charge in [-0.1, -0.05) is 18.2 Å². The van der Waals surface area contributed by atoms with E-state index >= 15 is 0 Å². The number of aliphatic hydroxyl groups excluding tert-OH is 1. The van der Waals surface area contributed by atoms with Gasteiger partial charge in [0.25, 0.3) is 0 Å². The molecule has 11 heteroatoms. The third kappa shape index (κ3) is 3.73. The number of benzene rings is 2. The summed E-state index contributed by atoms with van der Waals surface area (Å²) in [6, 6.07) is 7.32. The molecule has 2 aromatic carbocycles. The summed E-state index contributed by atoms with van der Waals surface area (Å²) < 4.78 is 49.0. The molecule has 0 aromatic heterocycles. The smallest absolute Gasteiger partial charge is 0.453 e. The molecular weight excluding hydrogens is 435 g/mol. The summed E-state index contributed by atoms with van der Waals surface area (Å²) in [6.07, 6.45) is -4.90. The molecule has 4 N–H and O–H groups in total. The van der Waals surface area contributed by atoms with Crippen molar-refractivity contribution in [1.82, 2.24) is 5.32 Å². The summed E-state index contributed by atoms with van der Waals surface area (Å²) >= 11 is 0. The van der Waals surface area contributed by atoms with Gasteiger partial charge in [0.2, 0.25) is 0 Å². The number of fused-ring (bicyclic) bond motifs is 3. The second-order valence-electron chi connectivity index (χ2n) is 7.61. The number of ether oxygens (including phenoxy) is 2. The third-order valence-corrected chi connectivity index (χ3v) is 5.50. The molecule has 0 spiro atoms. The number of nitrogens with one attached hydrogen (secondary N) is 1. The van der Waals surface area contributed by atoms with Crippen molar-refractivity contribution < 1.29 is 47.6 Å². The van der Waals surface area contributed by atoms with Crippen LogP contribution in [0.3, 0.4) is 0 Å². The second kappa shape index (κ2) is 7.68. The Morgan fingerprint density at radius 2 is 1.84 bits per heavy atom. The molecule has 4 rings (SSSR count). The Morgan fingerprint density at radius 1 is 1.12 bits per heavy atom. The number of halogens is 3. The standard InChI is InChI=1S/C21H18F3NO7/c22-21(23,24)12-3-1-2-11(6-12)15(26)9-25-13-7-10-4-5-16-17(14(10)8-13)32-20(31-16,18(27)28)19(29)30/h1-6,13,15,25-26H,7-9H2,(H,27,28)(H,29,30)/t13-,15-/m1/s1. The van der Waals surface area contributed by atoms with E-state index in [0.717, 1.165) is 17.7 Å². The van der Waals surface area contributed by atoms with Gasteiger partial charge in [0.1, 0.15) is 0 Å². The topological polar surface area (TPSA) is 125 Å². The van der Waals surface area contributed by atoms with E-state index in [2.05, 4.69) is 5.32 Å². The summed E-state index contributed by atoms with van der Waals surface area (Å²) in [4.78, 5) is 22.9. The van der Waals surface area contributed by atoms with E-state index in [4.69, 9.17) is 9.47 Å². The molecule has 1 aliphatic carbocycles. The molecule has 0 radical (unpaired) electrons. The molecule has 32 heavy (non-hydrogen) atoms. The van der Waals surface area contributed by atoms with Crippen LogP contribution in [0.4, 0.5) is 13.2 Å². The number of hydrogen-bond acceptors (Lipinski definition) is 6. The summed E-state index contributed by atoms with van der Waals surface area (Å²) in [7, 11) is 0. The van der Waals surface area contributed by atoms with E-state index in [0.29, 0.717) is 18.4 Å². The summed E-state index contributed by atoms with van der Waals surface area (Å²) in [5, 5.41) is 32.0. The van der Waals surface area contributed by atoms with Crippen LogP contribution in [0.15, 0.2) is 36.4 Å². The number of rotatable bonds is 6. The molecule has 0 bridgehead atoms. The Labute approximate surface area is 179 Å². The SMILES string of the molecule is O=C(O)C1(C(=O)O)Oc2ccc3c(c2O1)C[C@H](NC[C@@H](O)c1cccc(C(F)(F)F)c1)C3. The van der Waals surface area contributed by atoms with E-state index in [1.54, 1.807) is 6.07 Å². The zero-order chi connectivity index (χ0) is 23.3. The van der Waals surface area contributed by atoms with Crippen LogP contribution in [0, 0.1) is 0 Å². The zero-order valence-electron chi connectivity index (χ0n) is 16.3. The van der Waals surface area contributed by atoms with E-state index < -0.39 is 35.6 Å². The highest BCUT2D eigenvalue weighted by molar-refractivity contribution is 6.01. The molecule has 2 aliphatic rings. The number of carbonyl (C=O) groups is 2. The lowest BCUT2D eigenvalue weighted by Gasteiger charge is -2.18. The first kappa shape index (κ1) is 21.9. The molecule has 0 saturated heterocycles. The molecule has 170 valence electrons. The number of aliphatic carboxylic acids is 2. The Kier molecular flexibility index (Phi) is 5.25. The van der Waals surface area contributed by atoms with Gasteiger partial charge in [-0.15, -0.1) is 0 Å². The van der Waals surface area contributed by atoms with Crippen LogP contribution in [-0.2, 0) is 28.6 Å². The van der Waals surface area contributed by atoms with E-state index in [-0.39, 0.29) is 29.6 Å². The van der Waals surface area contributed by atoms with Gasteiger partial charge in [-0.2, -0.15) is 13.2 Å². The Hall–Kier alpha value is -3.31. The van der Waals surface area contributed by atoms with E-state index in [9.17, 15) is 38.1 Å². The van der Waals surface area contributed by atoms with Gasteiger partial charge in [-0.3, -0.25) is 0 Å². The minimum atomic E-state index is -4.51. The average molecular weight is 453 g/mol. The first-order valence-electron chi connectivity index (χ1n) is 9.59. The predicted octanol–water partition coefficient (Wildman–Crippen LogP) is 2.13. The number of carboxylic acid groups (broad SMARTS) is 2. The van der Waals surface area contributed by atoms with Crippen molar-refractivity contribution >= 4 is 11.9 Å². The fraction of sp³-hybridized carbons (Fsp3) is 0.333. The molecule has 0 amide bonds. The molecule has 2 aromatic rings. The zero-order valence-corrected chi connectivity index (χ0v) is 16.3. The quantitative estimate of drug-likeness (QED) is 0.491. The minimum Gasteiger partial charge on any atom is -0.475 e. The minimum absolute atomic E-state index is 0.00167. The largest absolute Gasteiger partial charge is 0.475 e. The first-order chi connectivity index (χ1) is 15.0. The molecule has 8 nitrogen and oxygen atoms in total. The van der Waals surface area contributed by atoms with Crippen molar-refractivity contribution in [3.05, 3.63) is 58.7 Å². The van der Waals surface area contributed by atoms with Gasteiger partial charge in [-0.25, -0.2) is 9.59 Å². The highest BCUT2D eigenvalue weighted by Crippen LogP contribution is 2.46. The third-order valence-electron chi connectivity index (χ3n) is 5.50. The highest BCUT2D eigenvalue weighted by atomic mass is 19.4. The van der Waals surface area contributed by atoms with Gasteiger partial charge < -0.3 is 30.1 Å². The van der Waals surface area contributed by atoms with Crippen molar-refractivity contribution in [2.45, 2.75) is 37.0 Å². The van der Waals surface area contributed by atoms with Crippen molar-refractivity contribution in [2.24, 2.45) is 0 Å². The number of aliphatic hydroxyl groups is 1. The maximum absolute atomic E-state index is 12.9. The van der Waals surface area contributed by atoms with Gasteiger partial charge in [-0.05, 0) is 42.2 Å². The number of alkyl halides is 3. The van der Waals surface area contributed by atoms with Crippen LogP contribution in [0.5, 0.6) is 11.5 Å². The van der Waals surface area contributed by atoms with Crippen LogP contribution < -0.4 is 14.8 Å². The number of hydrogen-bond donors (Lipinski definition) is 4. The molecule has 1 heterocycles. The molecule has 1 aliphatic heterocycles. The molecule has 0 fully saturated rings. The Balaban J connectivity index is 1.45. The predicted molar refractivity (Wildman–Crippen MR) is 101 cm³/mol. The monoisotopic (exact) mass is 453 g/mol. The molecule has 2 atom stereocenters. The van der Waals surface area contributed by atoms with Crippen LogP contribution in [0.25, 0.3) is 0 Å². The molecule has 0 unspecified atom stereocenters. The van der Waals surface area contributed by atoms with Gasteiger partial charge in [0.05, 0.1) is 11.7 Å². The Bertz CT molecular complexity index is 1070. The van der Waals surface area contributed by atoms with Gasteiger partial charge in [0.15, 0.2) is 11.5 Å². The lowest BCUT2D eigenvalue weighted by Crippen LogP contribution is -2.54. The average Bonchev–Trinajstić information content (AvgIpc) is 3.33. The molecule has 0 saturated carbocycles. The van der Waals surface area contributed by atoms with Crippen LogP contribution in [0.2, 0.25) is 0 Å². The molecular formula is C21H18F3NO7. The number of carboxylic acids is 2. The van der Waals surface area contributed by atoms with Crippen LogP contribution in [-0.4, -0.2) is 45.6 Å². The summed E-state index contributed by atoms with van der Waals surface area (Å²) in [5.74, 6) is -6.42. The fourth-order valence-electron chi connectivity index (χ4n) is 3.89. The summed E-state index contributed by atoms with van der Waals surface area (Å²) in [6.45, 7) is -0.0201. The van der Waals surface area contributed by atoms with Gasteiger partial charge in [0, 0.05) is 18.2 Å². The van der Waals surface area contributed by atoms with Gasteiger partial charge >= 0.3 is 23.9 Å². The Morgan fingerprint density at radius 3 is 2.50 bits per heavy atom. The van der Waals surface area contributed by atoms with Crippen molar-refractivity contribution in [3.63, 3.8) is 0 Å². The van der Waals surface area contributed by atoms with Crippen molar-refractivity contribution in [3.8, 4) is 11.5 Å². The maximum Gasteiger partial charge on any atom is 0.453 e. The van der Waals surface area contributed by atoms with Crippen molar-refractivity contribution in [1.29, 1.82) is 0 Å². The van der Waals surface area contributed by atoms with Crippen LogP contribution >= 0.6 is 0 Å². The summed E-state index contributed by atoms with van der Waals surface area (Å²) in [5.41, 5.74) is 0.631. The maximum atomic E-state index is 12.9. The first-order valence-corrected chi connectivity index (χ1v) is 9.59. The van der Waals surface area contributed by atoms with Crippen LogP contribution in [0.1, 0.15) is 28.4 Å².